The molecule has 2 aromatic rings. The van der Waals surface area contributed by atoms with Gasteiger partial charge in [0.15, 0.2) is 0 Å². The molecule has 24 heavy (non-hydrogen) atoms. The van der Waals surface area contributed by atoms with Crippen LogP contribution in [-0.4, -0.2) is 21.0 Å². The van der Waals surface area contributed by atoms with Gasteiger partial charge in [-0.25, -0.2) is 17.9 Å². The fourth-order valence-electron chi connectivity index (χ4n) is 1.92. The maximum absolute atomic E-state index is 12.4. The Morgan fingerprint density at radius 2 is 2.08 bits per heavy atom. The minimum absolute atomic E-state index is 0.0121. The highest BCUT2D eigenvalue weighted by Gasteiger charge is 2.19. The number of benzene rings is 1. The van der Waals surface area contributed by atoms with Crippen molar-refractivity contribution < 1.29 is 22.4 Å². The molecule has 0 saturated carbocycles. The quantitative estimate of drug-likeness (QED) is 0.614. The van der Waals surface area contributed by atoms with Gasteiger partial charge in [-0.1, -0.05) is 12.6 Å². The van der Waals surface area contributed by atoms with Crippen molar-refractivity contribution in [2.24, 2.45) is 0 Å². The molecule has 0 fully saturated rings. The van der Waals surface area contributed by atoms with E-state index >= 15 is 0 Å². The predicted octanol–water partition coefficient (Wildman–Crippen LogP) is 2.80. The van der Waals surface area contributed by atoms with E-state index in [-0.39, 0.29) is 23.6 Å². The van der Waals surface area contributed by atoms with Crippen LogP contribution in [-0.2, 0) is 21.3 Å². The number of carbonyl (C=O) groups excluding carboxylic acids is 1. The minimum Gasteiger partial charge on any atom is -0.468 e. The van der Waals surface area contributed by atoms with Gasteiger partial charge in [-0.15, -0.1) is 0 Å². The van der Waals surface area contributed by atoms with Crippen LogP contribution < -0.4 is 4.72 Å². The summed E-state index contributed by atoms with van der Waals surface area (Å²) in [7, 11) is -3.78. The number of hydrogen-bond acceptors (Lipinski definition) is 5. The summed E-state index contributed by atoms with van der Waals surface area (Å²) in [6, 6.07) is 7.65. The molecule has 0 unspecified atom stereocenters. The third-order valence-electron chi connectivity index (χ3n) is 3.21. The first-order valence-electron chi connectivity index (χ1n) is 7.24. The van der Waals surface area contributed by atoms with Crippen LogP contribution in [0.25, 0.3) is 0 Å². The zero-order valence-electron chi connectivity index (χ0n) is 13.5. The Bertz CT molecular complexity index is 838. The first kappa shape index (κ1) is 18.0. The maximum Gasteiger partial charge on any atom is 0.338 e. The Labute approximate surface area is 141 Å². The molecule has 0 aliphatic carbocycles. The molecule has 0 aliphatic heterocycles. The zero-order chi connectivity index (χ0) is 17.7. The van der Waals surface area contributed by atoms with Gasteiger partial charge in [-0.3, -0.25) is 0 Å². The van der Waals surface area contributed by atoms with E-state index in [0.29, 0.717) is 16.9 Å². The van der Waals surface area contributed by atoms with E-state index in [2.05, 4.69) is 11.3 Å². The second-order valence-corrected chi connectivity index (χ2v) is 7.18. The molecule has 1 aromatic heterocycles. The highest BCUT2D eigenvalue weighted by Crippen LogP contribution is 2.17. The van der Waals surface area contributed by atoms with E-state index in [1.54, 1.807) is 32.0 Å². The van der Waals surface area contributed by atoms with Gasteiger partial charge in [0, 0.05) is 0 Å². The number of carbonyl (C=O) groups is 1. The lowest BCUT2D eigenvalue weighted by atomic mass is 10.1. The summed E-state index contributed by atoms with van der Waals surface area (Å²) < 4.78 is 37.3. The van der Waals surface area contributed by atoms with Crippen LogP contribution in [0, 0.1) is 6.92 Å². The van der Waals surface area contributed by atoms with Gasteiger partial charge in [0.05, 0.1) is 23.3 Å². The molecule has 0 radical (unpaired) electrons. The van der Waals surface area contributed by atoms with Gasteiger partial charge in [-0.2, -0.15) is 0 Å². The van der Waals surface area contributed by atoms with E-state index < -0.39 is 16.0 Å². The summed E-state index contributed by atoms with van der Waals surface area (Å²) in [4.78, 5) is 12.1. The Morgan fingerprint density at radius 3 is 2.71 bits per heavy atom. The summed E-state index contributed by atoms with van der Waals surface area (Å²) in [6.07, 6.45) is 1.46. The molecular formula is C17H19NO5S. The minimum atomic E-state index is -3.78. The highest BCUT2D eigenvalue weighted by molar-refractivity contribution is 7.89. The van der Waals surface area contributed by atoms with Crippen molar-refractivity contribution in [2.75, 3.05) is 6.61 Å². The lowest BCUT2D eigenvalue weighted by Crippen LogP contribution is -2.23. The molecule has 1 heterocycles. The van der Waals surface area contributed by atoms with Crippen LogP contribution in [0.15, 0.2) is 58.1 Å². The van der Waals surface area contributed by atoms with Crippen molar-refractivity contribution in [2.45, 2.75) is 25.3 Å². The number of esters is 1. The van der Waals surface area contributed by atoms with Crippen molar-refractivity contribution in [3.8, 4) is 0 Å². The summed E-state index contributed by atoms with van der Waals surface area (Å²) in [5.74, 6) is -0.0923. The standard InChI is InChI=1S/C17H19NO5S/c1-12(2)11-23-17(19)16-9-15(7-6-13(16)3)24(20,21)18-10-14-5-4-8-22-14/h4-9,18H,1,10-11H2,2-3H3. The summed E-state index contributed by atoms with van der Waals surface area (Å²) in [5, 5.41) is 0. The van der Waals surface area contributed by atoms with Crippen molar-refractivity contribution in [1.82, 2.24) is 4.72 Å². The van der Waals surface area contributed by atoms with E-state index in [1.807, 2.05) is 0 Å². The number of sulfonamides is 1. The molecule has 0 bridgehead atoms. The number of nitrogens with one attached hydrogen (secondary N) is 1. The SMILES string of the molecule is C=C(C)COC(=O)c1cc(S(=O)(=O)NCc2ccco2)ccc1C. The van der Waals surface area contributed by atoms with E-state index in [4.69, 9.17) is 9.15 Å². The smallest absolute Gasteiger partial charge is 0.338 e. The Morgan fingerprint density at radius 1 is 1.33 bits per heavy atom. The first-order chi connectivity index (χ1) is 11.3. The topological polar surface area (TPSA) is 85.6 Å². The van der Waals surface area contributed by atoms with Crippen LogP contribution in [0.3, 0.4) is 0 Å². The molecule has 2 rings (SSSR count). The van der Waals surface area contributed by atoms with Crippen LogP contribution in [0.4, 0.5) is 0 Å². The Kier molecular flexibility index (Phi) is 5.58. The molecule has 7 heteroatoms. The van der Waals surface area contributed by atoms with Gasteiger partial charge in [0.25, 0.3) is 0 Å². The molecule has 0 atom stereocenters. The Balaban J connectivity index is 2.19. The fraction of sp³-hybridized carbons (Fsp3) is 0.235. The summed E-state index contributed by atoms with van der Waals surface area (Å²) >= 11 is 0. The predicted molar refractivity (Wildman–Crippen MR) is 89.0 cm³/mol. The third-order valence-corrected chi connectivity index (χ3v) is 4.60. The normalized spacial score (nSPS) is 11.2. The average Bonchev–Trinajstić information content (AvgIpc) is 3.04. The van der Waals surface area contributed by atoms with Crippen molar-refractivity contribution in [1.29, 1.82) is 0 Å². The van der Waals surface area contributed by atoms with Crippen molar-refractivity contribution in [3.05, 3.63) is 65.6 Å². The molecule has 128 valence electrons. The fourth-order valence-corrected chi connectivity index (χ4v) is 2.94. The number of aryl methyl sites for hydroxylation is 1. The van der Waals surface area contributed by atoms with Gasteiger partial charge < -0.3 is 9.15 Å². The van der Waals surface area contributed by atoms with E-state index in [0.717, 1.165) is 0 Å². The largest absolute Gasteiger partial charge is 0.468 e. The van der Waals surface area contributed by atoms with Crippen LogP contribution in [0.5, 0.6) is 0 Å². The second-order valence-electron chi connectivity index (χ2n) is 5.41. The van der Waals surface area contributed by atoms with Gasteiger partial charge in [0.1, 0.15) is 12.4 Å². The third kappa shape index (κ3) is 4.56. The highest BCUT2D eigenvalue weighted by atomic mass is 32.2. The van der Waals surface area contributed by atoms with Crippen molar-refractivity contribution >= 4 is 16.0 Å². The summed E-state index contributed by atoms with van der Waals surface area (Å²) in [5.41, 5.74) is 1.54. The van der Waals surface area contributed by atoms with Crippen LogP contribution >= 0.6 is 0 Å². The number of rotatable bonds is 7. The summed E-state index contributed by atoms with van der Waals surface area (Å²) in [6.45, 7) is 7.22. The molecule has 1 aromatic carbocycles. The second kappa shape index (κ2) is 7.46. The number of ether oxygens (including phenoxy) is 1. The molecule has 0 aliphatic rings. The maximum atomic E-state index is 12.4. The van der Waals surface area contributed by atoms with Gasteiger partial charge in [0.2, 0.25) is 10.0 Å². The lowest BCUT2D eigenvalue weighted by molar-refractivity contribution is 0.0539. The lowest BCUT2D eigenvalue weighted by Gasteiger charge is -2.10. The van der Waals surface area contributed by atoms with Gasteiger partial charge >= 0.3 is 5.97 Å². The number of hydrogen-bond donors (Lipinski definition) is 1. The average molecular weight is 349 g/mol. The molecule has 1 N–H and O–H groups in total. The van der Waals surface area contributed by atoms with E-state index in [9.17, 15) is 13.2 Å². The van der Waals surface area contributed by atoms with Crippen molar-refractivity contribution in [3.63, 3.8) is 0 Å². The van der Waals surface area contributed by atoms with Crippen LogP contribution in [0.2, 0.25) is 0 Å². The van der Waals surface area contributed by atoms with E-state index in [1.165, 1.54) is 18.4 Å². The molecule has 6 nitrogen and oxygen atoms in total. The van der Waals surface area contributed by atoms with Crippen LogP contribution in [0.1, 0.15) is 28.6 Å². The molecule has 0 spiro atoms. The number of furan rings is 1. The zero-order valence-corrected chi connectivity index (χ0v) is 14.4. The molecule has 0 amide bonds. The molecular weight excluding hydrogens is 330 g/mol. The first-order valence-corrected chi connectivity index (χ1v) is 8.72. The Hall–Kier alpha value is -2.38. The van der Waals surface area contributed by atoms with Gasteiger partial charge in [-0.05, 0) is 49.2 Å². The monoisotopic (exact) mass is 349 g/mol. The molecule has 0 saturated heterocycles.